The van der Waals surface area contributed by atoms with Gasteiger partial charge in [0.05, 0.1) is 0 Å². The maximum Gasteiger partial charge on any atom is 0.119 e. The minimum Gasteiger partial charge on any atom is -0.489 e. The van der Waals surface area contributed by atoms with E-state index in [0.29, 0.717) is 6.61 Å². The molecule has 0 saturated carbocycles. The van der Waals surface area contributed by atoms with E-state index in [9.17, 15) is 0 Å². The van der Waals surface area contributed by atoms with Gasteiger partial charge >= 0.3 is 0 Å². The van der Waals surface area contributed by atoms with Crippen molar-refractivity contribution < 1.29 is 4.74 Å². The average molecular weight is 270 g/mol. The van der Waals surface area contributed by atoms with Gasteiger partial charge in [0.2, 0.25) is 0 Å². The van der Waals surface area contributed by atoms with Gasteiger partial charge in [-0.05, 0) is 36.8 Å². The standard InChI is InChI=1S/C17H18OS/c1-15(14-18-16-8-4-2-5-9-16)12-13-19-17-10-6-3-7-11-17/h2-12H,13-14H2,1H3/b15-12+. The Labute approximate surface area is 119 Å². The van der Waals surface area contributed by atoms with Gasteiger partial charge in [0, 0.05) is 10.6 Å². The van der Waals surface area contributed by atoms with Gasteiger partial charge in [-0.15, -0.1) is 11.8 Å². The predicted molar refractivity (Wildman–Crippen MR) is 82.9 cm³/mol. The summed E-state index contributed by atoms with van der Waals surface area (Å²) in [5.74, 6) is 1.90. The molecule has 2 rings (SSSR count). The molecule has 2 heteroatoms. The van der Waals surface area contributed by atoms with Crippen LogP contribution < -0.4 is 4.74 Å². The Morgan fingerprint density at radius 3 is 2.32 bits per heavy atom. The van der Waals surface area contributed by atoms with Gasteiger partial charge in [-0.1, -0.05) is 42.5 Å². The van der Waals surface area contributed by atoms with Crippen LogP contribution >= 0.6 is 11.8 Å². The number of rotatable bonds is 6. The highest BCUT2D eigenvalue weighted by Gasteiger charge is 1.94. The van der Waals surface area contributed by atoms with Crippen LogP contribution in [0.25, 0.3) is 0 Å². The molecule has 0 N–H and O–H groups in total. The molecule has 98 valence electrons. The number of hydrogen-bond donors (Lipinski definition) is 0. The molecular formula is C17H18OS. The molecule has 0 fully saturated rings. The van der Waals surface area contributed by atoms with Crippen molar-refractivity contribution >= 4 is 11.8 Å². The second kappa shape index (κ2) is 7.70. The summed E-state index contributed by atoms with van der Waals surface area (Å²) in [6.07, 6.45) is 2.22. The van der Waals surface area contributed by atoms with Crippen molar-refractivity contribution in [1.29, 1.82) is 0 Å². The van der Waals surface area contributed by atoms with Crippen LogP contribution in [0.5, 0.6) is 5.75 Å². The summed E-state index contributed by atoms with van der Waals surface area (Å²) in [6, 6.07) is 20.4. The summed E-state index contributed by atoms with van der Waals surface area (Å²) in [5.41, 5.74) is 1.26. The Hall–Kier alpha value is -1.67. The molecule has 0 bridgehead atoms. The molecule has 0 aliphatic carbocycles. The van der Waals surface area contributed by atoms with Crippen molar-refractivity contribution in [3.05, 3.63) is 72.3 Å². The van der Waals surface area contributed by atoms with Crippen molar-refractivity contribution in [2.24, 2.45) is 0 Å². The Balaban J connectivity index is 1.74. The fourth-order valence-electron chi connectivity index (χ4n) is 1.57. The monoisotopic (exact) mass is 270 g/mol. The minimum atomic E-state index is 0.652. The molecule has 0 atom stereocenters. The number of ether oxygens (including phenoxy) is 1. The van der Waals surface area contributed by atoms with Crippen LogP contribution in [0.3, 0.4) is 0 Å². The Morgan fingerprint density at radius 2 is 1.63 bits per heavy atom. The fraction of sp³-hybridized carbons (Fsp3) is 0.176. The highest BCUT2D eigenvalue weighted by Crippen LogP contribution is 2.17. The largest absolute Gasteiger partial charge is 0.489 e. The van der Waals surface area contributed by atoms with Crippen LogP contribution in [-0.2, 0) is 0 Å². The first-order chi connectivity index (χ1) is 9.34. The molecule has 0 saturated heterocycles. The molecule has 0 heterocycles. The molecule has 19 heavy (non-hydrogen) atoms. The van der Waals surface area contributed by atoms with Crippen LogP contribution in [0.15, 0.2) is 77.2 Å². The van der Waals surface area contributed by atoms with E-state index < -0.39 is 0 Å². The van der Waals surface area contributed by atoms with Crippen molar-refractivity contribution in [3.63, 3.8) is 0 Å². The topological polar surface area (TPSA) is 9.23 Å². The molecule has 2 aromatic carbocycles. The van der Waals surface area contributed by atoms with Gasteiger partial charge in [-0.25, -0.2) is 0 Å². The molecule has 0 radical (unpaired) electrons. The van der Waals surface area contributed by atoms with Crippen molar-refractivity contribution in [2.45, 2.75) is 11.8 Å². The first-order valence-electron chi connectivity index (χ1n) is 6.36. The number of para-hydroxylation sites is 1. The number of benzene rings is 2. The molecule has 0 aromatic heterocycles. The van der Waals surface area contributed by atoms with Crippen LogP contribution in [0.1, 0.15) is 6.92 Å². The predicted octanol–water partition coefficient (Wildman–Crippen LogP) is 4.80. The van der Waals surface area contributed by atoms with E-state index in [-0.39, 0.29) is 0 Å². The van der Waals surface area contributed by atoms with Crippen LogP contribution in [0, 0.1) is 0 Å². The van der Waals surface area contributed by atoms with E-state index in [4.69, 9.17) is 4.74 Å². The SMILES string of the molecule is C/C(=C\CSc1ccccc1)COc1ccccc1. The zero-order valence-corrected chi connectivity index (χ0v) is 11.9. The summed E-state index contributed by atoms with van der Waals surface area (Å²) in [4.78, 5) is 1.30. The highest BCUT2D eigenvalue weighted by atomic mass is 32.2. The zero-order chi connectivity index (χ0) is 13.3. The third-order valence-electron chi connectivity index (χ3n) is 2.63. The third-order valence-corrected chi connectivity index (χ3v) is 3.57. The minimum absolute atomic E-state index is 0.652. The first kappa shape index (κ1) is 13.8. The maximum atomic E-state index is 5.69. The fourth-order valence-corrected chi connectivity index (χ4v) is 2.48. The van der Waals surface area contributed by atoms with Crippen LogP contribution in [-0.4, -0.2) is 12.4 Å². The second-order valence-electron chi connectivity index (χ2n) is 4.28. The second-order valence-corrected chi connectivity index (χ2v) is 5.37. The van der Waals surface area contributed by atoms with Gasteiger partial charge in [0.15, 0.2) is 0 Å². The van der Waals surface area contributed by atoms with Crippen molar-refractivity contribution in [3.8, 4) is 5.75 Å². The lowest BCUT2D eigenvalue weighted by Crippen LogP contribution is -1.98. The van der Waals surface area contributed by atoms with Gasteiger partial charge < -0.3 is 4.74 Å². The summed E-state index contributed by atoms with van der Waals surface area (Å²) in [7, 11) is 0. The van der Waals surface area contributed by atoms with E-state index in [1.165, 1.54) is 10.5 Å². The van der Waals surface area contributed by atoms with Gasteiger partial charge in [0.25, 0.3) is 0 Å². The highest BCUT2D eigenvalue weighted by molar-refractivity contribution is 7.99. The molecule has 0 spiro atoms. The summed E-state index contributed by atoms with van der Waals surface area (Å²) in [6.45, 7) is 2.76. The van der Waals surface area contributed by atoms with Crippen LogP contribution in [0.4, 0.5) is 0 Å². The van der Waals surface area contributed by atoms with Crippen molar-refractivity contribution in [2.75, 3.05) is 12.4 Å². The molecule has 0 aliphatic rings. The average Bonchev–Trinajstić information content (AvgIpc) is 2.47. The lowest BCUT2D eigenvalue weighted by Gasteiger charge is -2.06. The maximum absolute atomic E-state index is 5.69. The lowest BCUT2D eigenvalue weighted by atomic mass is 10.3. The Morgan fingerprint density at radius 1 is 1.00 bits per heavy atom. The van der Waals surface area contributed by atoms with E-state index in [1.54, 1.807) is 0 Å². The van der Waals surface area contributed by atoms with Gasteiger partial charge in [-0.2, -0.15) is 0 Å². The van der Waals surface area contributed by atoms with Crippen molar-refractivity contribution in [1.82, 2.24) is 0 Å². The van der Waals surface area contributed by atoms with E-state index in [0.717, 1.165) is 11.5 Å². The summed E-state index contributed by atoms with van der Waals surface area (Å²) >= 11 is 1.84. The molecule has 0 unspecified atom stereocenters. The molecule has 0 amide bonds. The third kappa shape index (κ3) is 5.23. The molecule has 1 nitrogen and oxygen atoms in total. The molecule has 0 aliphatic heterocycles. The van der Waals surface area contributed by atoms with E-state index in [1.807, 2.05) is 48.2 Å². The number of hydrogen-bond acceptors (Lipinski definition) is 2. The van der Waals surface area contributed by atoms with Gasteiger partial charge in [-0.3, -0.25) is 0 Å². The zero-order valence-electron chi connectivity index (χ0n) is 11.1. The Kier molecular flexibility index (Phi) is 5.57. The van der Waals surface area contributed by atoms with E-state index >= 15 is 0 Å². The van der Waals surface area contributed by atoms with Gasteiger partial charge in [0.1, 0.15) is 12.4 Å². The molecule has 2 aromatic rings. The first-order valence-corrected chi connectivity index (χ1v) is 7.34. The quantitative estimate of drug-likeness (QED) is 0.550. The number of thioether (sulfide) groups is 1. The Bertz CT molecular complexity index is 505. The smallest absolute Gasteiger partial charge is 0.119 e. The van der Waals surface area contributed by atoms with E-state index in [2.05, 4.69) is 37.3 Å². The lowest BCUT2D eigenvalue weighted by molar-refractivity contribution is 0.352. The summed E-state index contributed by atoms with van der Waals surface area (Å²) in [5, 5.41) is 0. The normalized spacial score (nSPS) is 11.3. The summed E-state index contributed by atoms with van der Waals surface area (Å²) < 4.78 is 5.69. The molecular weight excluding hydrogens is 252 g/mol. The van der Waals surface area contributed by atoms with Crippen LogP contribution in [0.2, 0.25) is 0 Å².